The van der Waals surface area contributed by atoms with E-state index in [-0.39, 0.29) is 24.8 Å². The Bertz CT molecular complexity index is 319. The molecule has 6 nitrogen and oxygen atoms in total. The van der Waals surface area contributed by atoms with Crippen molar-refractivity contribution in [3.8, 4) is 0 Å². The highest BCUT2D eigenvalue weighted by atomic mass is 16.6. The van der Waals surface area contributed by atoms with Gasteiger partial charge in [0.2, 0.25) is 11.8 Å². The standard InChI is InChI=1S/C10H16N2O4/c1-10(2,3)16-8(14)4-6-9(15)11-5-7(13)12-6/h6H,4-5H2,1-3H3,(H,11,15)(H,12,13)/t6-/m1/s1. The van der Waals surface area contributed by atoms with Crippen LogP contribution in [0.5, 0.6) is 0 Å². The Labute approximate surface area is 93.7 Å². The molecule has 1 heterocycles. The average Bonchev–Trinajstić information content (AvgIpc) is 2.08. The van der Waals surface area contributed by atoms with Gasteiger partial charge in [0.05, 0.1) is 13.0 Å². The normalized spacial score (nSPS) is 21.1. The van der Waals surface area contributed by atoms with Crippen LogP contribution in [0.4, 0.5) is 0 Å². The molecule has 2 N–H and O–H groups in total. The minimum absolute atomic E-state index is 0.0380. The zero-order chi connectivity index (χ0) is 12.3. The molecular formula is C10H16N2O4. The van der Waals surface area contributed by atoms with Gasteiger partial charge in [-0.05, 0) is 20.8 Å². The van der Waals surface area contributed by atoms with Gasteiger partial charge in [0.1, 0.15) is 11.6 Å². The van der Waals surface area contributed by atoms with Crippen molar-refractivity contribution in [1.29, 1.82) is 0 Å². The van der Waals surface area contributed by atoms with Gasteiger partial charge in [-0.15, -0.1) is 0 Å². The van der Waals surface area contributed by atoms with Gasteiger partial charge in [-0.2, -0.15) is 0 Å². The summed E-state index contributed by atoms with van der Waals surface area (Å²) in [6.07, 6.45) is -0.144. The van der Waals surface area contributed by atoms with E-state index in [0.29, 0.717) is 0 Å². The van der Waals surface area contributed by atoms with Crippen molar-refractivity contribution in [1.82, 2.24) is 10.6 Å². The zero-order valence-electron chi connectivity index (χ0n) is 9.62. The third-order valence-electron chi connectivity index (χ3n) is 1.87. The first-order chi connectivity index (χ1) is 7.28. The fraction of sp³-hybridized carbons (Fsp3) is 0.700. The molecule has 0 unspecified atom stereocenters. The first-order valence-electron chi connectivity index (χ1n) is 5.07. The van der Waals surface area contributed by atoms with Gasteiger partial charge in [0.25, 0.3) is 0 Å². The molecule has 1 rings (SSSR count). The highest BCUT2D eigenvalue weighted by Crippen LogP contribution is 2.09. The lowest BCUT2D eigenvalue weighted by Gasteiger charge is -2.24. The van der Waals surface area contributed by atoms with Gasteiger partial charge in [-0.3, -0.25) is 14.4 Å². The molecule has 6 heteroatoms. The van der Waals surface area contributed by atoms with Crippen LogP contribution < -0.4 is 10.6 Å². The predicted molar refractivity (Wildman–Crippen MR) is 55.4 cm³/mol. The number of piperazine rings is 1. The lowest BCUT2D eigenvalue weighted by Crippen LogP contribution is -2.56. The molecule has 0 spiro atoms. The predicted octanol–water partition coefficient (Wildman–Crippen LogP) is -0.667. The molecule has 1 fully saturated rings. The van der Waals surface area contributed by atoms with E-state index >= 15 is 0 Å². The van der Waals surface area contributed by atoms with Crippen molar-refractivity contribution < 1.29 is 19.1 Å². The van der Waals surface area contributed by atoms with E-state index in [9.17, 15) is 14.4 Å². The van der Waals surface area contributed by atoms with E-state index in [4.69, 9.17) is 4.74 Å². The number of carbonyl (C=O) groups excluding carboxylic acids is 3. The van der Waals surface area contributed by atoms with Crippen molar-refractivity contribution in [3.63, 3.8) is 0 Å². The molecule has 1 aliphatic heterocycles. The van der Waals surface area contributed by atoms with Crippen LogP contribution in [0.1, 0.15) is 27.2 Å². The van der Waals surface area contributed by atoms with E-state index in [1.54, 1.807) is 20.8 Å². The van der Waals surface area contributed by atoms with Gasteiger partial charge < -0.3 is 15.4 Å². The van der Waals surface area contributed by atoms with E-state index < -0.39 is 17.6 Å². The van der Waals surface area contributed by atoms with Gasteiger partial charge in [0, 0.05) is 0 Å². The summed E-state index contributed by atoms with van der Waals surface area (Å²) in [5.41, 5.74) is -0.591. The SMILES string of the molecule is CC(C)(C)OC(=O)C[C@H]1NC(=O)CNC1=O. The summed E-state index contributed by atoms with van der Waals surface area (Å²) >= 11 is 0. The second-order valence-electron chi connectivity index (χ2n) is 4.63. The minimum atomic E-state index is -0.823. The third kappa shape index (κ3) is 3.88. The Morgan fingerprint density at radius 1 is 1.44 bits per heavy atom. The topological polar surface area (TPSA) is 84.5 Å². The van der Waals surface area contributed by atoms with Gasteiger partial charge in [-0.1, -0.05) is 0 Å². The van der Waals surface area contributed by atoms with Gasteiger partial charge in [0.15, 0.2) is 0 Å². The second-order valence-corrected chi connectivity index (χ2v) is 4.63. The van der Waals surface area contributed by atoms with E-state index in [0.717, 1.165) is 0 Å². The van der Waals surface area contributed by atoms with Crippen LogP contribution in [0, 0.1) is 0 Å². The number of hydrogen-bond acceptors (Lipinski definition) is 4. The lowest BCUT2D eigenvalue weighted by atomic mass is 10.1. The van der Waals surface area contributed by atoms with Crippen LogP contribution >= 0.6 is 0 Å². The summed E-state index contributed by atoms with van der Waals surface area (Å²) in [5, 5.41) is 4.82. The second kappa shape index (κ2) is 4.51. The maximum atomic E-state index is 11.4. The van der Waals surface area contributed by atoms with Crippen molar-refractivity contribution in [2.75, 3.05) is 6.54 Å². The summed E-state index contributed by atoms with van der Waals surface area (Å²) in [5.74, 6) is -1.16. The molecule has 0 aromatic heterocycles. The third-order valence-corrected chi connectivity index (χ3v) is 1.87. The average molecular weight is 228 g/mol. The Kier molecular flexibility index (Phi) is 3.51. The molecule has 0 saturated carbocycles. The minimum Gasteiger partial charge on any atom is -0.460 e. The molecule has 0 radical (unpaired) electrons. The summed E-state index contributed by atoms with van der Waals surface area (Å²) in [7, 11) is 0. The number of rotatable bonds is 2. The monoisotopic (exact) mass is 228 g/mol. The Balaban J connectivity index is 2.49. The summed E-state index contributed by atoms with van der Waals surface area (Å²) in [4.78, 5) is 33.7. The summed E-state index contributed by atoms with van der Waals surface area (Å²) in [6.45, 7) is 5.18. The van der Waals surface area contributed by atoms with Crippen molar-refractivity contribution in [2.45, 2.75) is 38.8 Å². The van der Waals surface area contributed by atoms with Crippen LogP contribution in [0.3, 0.4) is 0 Å². The molecule has 16 heavy (non-hydrogen) atoms. The van der Waals surface area contributed by atoms with E-state index in [1.807, 2.05) is 0 Å². The number of esters is 1. The molecule has 1 aliphatic rings. The molecule has 0 aromatic carbocycles. The fourth-order valence-electron chi connectivity index (χ4n) is 1.30. The van der Waals surface area contributed by atoms with Gasteiger partial charge >= 0.3 is 5.97 Å². The van der Waals surface area contributed by atoms with Gasteiger partial charge in [-0.25, -0.2) is 0 Å². The number of amides is 2. The first kappa shape index (κ1) is 12.5. The number of nitrogens with one attached hydrogen (secondary N) is 2. The smallest absolute Gasteiger partial charge is 0.308 e. The highest BCUT2D eigenvalue weighted by molar-refractivity contribution is 5.96. The number of hydrogen-bond donors (Lipinski definition) is 2. The highest BCUT2D eigenvalue weighted by Gasteiger charge is 2.29. The van der Waals surface area contributed by atoms with Crippen molar-refractivity contribution in [3.05, 3.63) is 0 Å². The fourth-order valence-corrected chi connectivity index (χ4v) is 1.30. The molecule has 0 aromatic rings. The van der Waals surface area contributed by atoms with Crippen LogP contribution in [-0.4, -0.2) is 36.0 Å². The van der Waals surface area contributed by atoms with Crippen LogP contribution in [-0.2, 0) is 19.1 Å². The molecule has 1 saturated heterocycles. The molecule has 1 atom stereocenters. The molecule has 90 valence electrons. The number of carbonyl (C=O) groups is 3. The molecule has 0 aliphatic carbocycles. The quantitative estimate of drug-likeness (QED) is 0.614. The maximum Gasteiger partial charge on any atom is 0.308 e. The van der Waals surface area contributed by atoms with Crippen LogP contribution in [0.2, 0.25) is 0 Å². The van der Waals surface area contributed by atoms with Crippen molar-refractivity contribution >= 4 is 17.8 Å². The Hall–Kier alpha value is -1.59. The Morgan fingerprint density at radius 2 is 2.06 bits per heavy atom. The van der Waals surface area contributed by atoms with Crippen LogP contribution in [0.15, 0.2) is 0 Å². The molecule has 0 bridgehead atoms. The summed E-state index contributed by atoms with van der Waals surface area (Å²) in [6, 6.07) is -0.823. The number of ether oxygens (including phenoxy) is 1. The zero-order valence-corrected chi connectivity index (χ0v) is 9.62. The largest absolute Gasteiger partial charge is 0.460 e. The Morgan fingerprint density at radius 3 is 2.62 bits per heavy atom. The first-order valence-corrected chi connectivity index (χ1v) is 5.07. The lowest BCUT2D eigenvalue weighted by molar-refractivity contribution is -0.157. The van der Waals surface area contributed by atoms with E-state index in [2.05, 4.69) is 10.6 Å². The maximum absolute atomic E-state index is 11.4. The molecular weight excluding hydrogens is 212 g/mol. The van der Waals surface area contributed by atoms with Crippen LogP contribution in [0.25, 0.3) is 0 Å². The van der Waals surface area contributed by atoms with Crippen molar-refractivity contribution in [2.24, 2.45) is 0 Å². The molecule has 2 amide bonds. The van der Waals surface area contributed by atoms with E-state index in [1.165, 1.54) is 0 Å². The summed E-state index contributed by atoms with van der Waals surface area (Å²) < 4.78 is 5.05.